The molecule has 4 rings (SSSR count). The molecule has 0 radical (unpaired) electrons. The molecule has 1 aliphatic heterocycles. The van der Waals surface area contributed by atoms with Crippen LogP contribution in [-0.4, -0.2) is 57.3 Å². The van der Waals surface area contributed by atoms with Crippen molar-refractivity contribution in [2.75, 3.05) is 41.9 Å². The maximum Gasteiger partial charge on any atom is 0.270 e. The number of anilines is 4. The quantitative estimate of drug-likeness (QED) is 0.284. The van der Waals surface area contributed by atoms with E-state index in [1.165, 1.54) is 30.5 Å². The first-order valence-electron chi connectivity index (χ1n) is 10.1. The molecular formula is C20H19N9O5. The van der Waals surface area contributed by atoms with E-state index in [1.807, 2.05) is 4.90 Å². The standard InChI is InChI=1S/C20H19N9O5/c30-28(31)16-6-4-15(5-7-16)22-18-23-19(25-20(24-18)27-8-10-34-11-9-27)26-21-13-14-2-1-3-17(12-14)29(32)33/h1-7,12-13H,8-11H2,(H2,22,23,24,25,26). The SMILES string of the molecule is O=[N+]([O-])c1ccc(Nc2nc(NN=Cc3cccc([N+](=O)[O-])c3)nc(N3CCOCC3)n2)cc1. The molecule has 0 bridgehead atoms. The van der Waals surface area contributed by atoms with Crippen molar-refractivity contribution in [2.24, 2.45) is 5.10 Å². The average molecular weight is 465 g/mol. The number of nitro benzene ring substituents is 2. The first-order valence-corrected chi connectivity index (χ1v) is 10.1. The van der Waals surface area contributed by atoms with Gasteiger partial charge in [0.25, 0.3) is 11.4 Å². The number of non-ortho nitro benzene ring substituents is 2. The van der Waals surface area contributed by atoms with E-state index in [4.69, 9.17) is 4.74 Å². The zero-order valence-corrected chi connectivity index (χ0v) is 17.7. The van der Waals surface area contributed by atoms with Crippen LogP contribution < -0.4 is 15.6 Å². The van der Waals surface area contributed by atoms with Crippen LogP contribution in [0.3, 0.4) is 0 Å². The number of hydrazone groups is 1. The average Bonchev–Trinajstić information content (AvgIpc) is 2.85. The van der Waals surface area contributed by atoms with Crippen molar-refractivity contribution in [3.05, 3.63) is 74.3 Å². The molecule has 1 aliphatic rings. The fourth-order valence-corrected chi connectivity index (χ4v) is 3.05. The van der Waals surface area contributed by atoms with Gasteiger partial charge in [-0.3, -0.25) is 20.2 Å². The van der Waals surface area contributed by atoms with Crippen LogP contribution in [-0.2, 0) is 4.74 Å². The Morgan fingerprint density at radius 3 is 2.35 bits per heavy atom. The van der Waals surface area contributed by atoms with Gasteiger partial charge < -0.3 is 15.0 Å². The van der Waals surface area contributed by atoms with Crippen LogP contribution in [0.25, 0.3) is 0 Å². The molecule has 2 N–H and O–H groups in total. The fourth-order valence-electron chi connectivity index (χ4n) is 3.05. The summed E-state index contributed by atoms with van der Waals surface area (Å²) < 4.78 is 5.38. The monoisotopic (exact) mass is 465 g/mol. The number of hydrogen-bond acceptors (Lipinski definition) is 12. The van der Waals surface area contributed by atoms with Crippen LogP contribution in [0.15, 0.2) is 53.6 Å². The van der Waals surface area contributed by atoms with E-state index in [9.17, 15) is 20.2 Å². The Kier molecular flexibility index (Phi) is 6.78. The summed E-state index contributed by atoms with van der Waals surface area (Å²) >= 11 is 0. The maximum absolute atomic E-state index is 10.9. The maximum atomic E-state index is 10.9. The van der Waals surface area contributed by atoms with E-state index in [2.05, 4.69) is 30.8 Å². The molecule has 1 saturated heterocycles. The molecule has 2 aromatic carbocycles. The van der Waals surface area contributed by atoms with Gasteiger partial charge in [-0.25, -0.2) is 5.43 Å². The van der Waals surface area contributed by atoms with Gasteiger partial charge in [0.1, 0.15) is 0 Å². The van der Waals surface area contributed by atoms with Crippen LogP contribution in [0.5, 0.6) is 0 Å². The number of morpholine rings is 1. The van der Waals surface area contributed by atoms with Crippen molar-refractivity contribution in [1.29, 1.82) is 0 Å². The summed E-state index contributed by atoms with van der Waals surface area (Å²) in [4.78, 5) is 35.9. The minimum Gasteiger partial charge on any atom is -0.378 e. The Labute approximate surface area is 192 Å². The van der Waals surface area contributed by atoms with E-state index < -0.39 is 9.85 Å². The Balaban J connectivity index is 1.56. The molecule has 1 fully saturated rings. The van der Waals surface area contributed by atoms with Crippen molar-refractivity contribution in [3.8, 4) is 0 Å². The van der Waals surface area contributed by atoms with Gasteiger partial charge in [-0.1, -0.05) is 12.1 Å². The molecule has 174 valence electrons. The molecule has 14 heteroatoms. The summed E-state index contributed by atoms with van der Waals surface area (Å²) in [6.45, 7) is 2.25. The normalized spacial score (nSPS) is 13.6. The summed E-state index contributed by atoms with van der Waals surface area (Å²) in [5, 5.41) is 28.9. The van der Waals surface area contributed by atoms with E-state index in [0.717, 1.165) is 0 Å². The first-order chi connectivity index (χ1) is 16.5. The Bertz CT molecular complexity index is 1210. The van der Waals surface area contributed by atoms with Crippen LogP contribution in [0.1, 0.15) is 5.56 Å². The Hall–Kier alpha value is -4.72. The number of aromatic nitrogens is 3. The van der Waals surface area contributed by atoms with E-state index in [0.29, 0.717) is 43.5 Å². The van der Waals surface area contributed by atoms with Gasteiger partial charge >= 0.3 is 0 Å². The number of nitro groups is 2. The molecule has 0 unspecified atom stereocenters. The Morgan fingerprint density at radius 1 is 0.941 bits per heavy atom. The molecule has 0 atom stereocenters. The lowest BCUT2D eigenvalue weighted by molar-refractivity contribution is -0.385. The molecule has 2 heterocycles. The van der Waals surface area contributed by atoms with Gasteiger partial charge in [0.15, 0.2) is 0 Å². The predicted octanol–water partition coefficient (Wildman–Crippen LogP) is 2.71. The second kappa shape index (κ2) is 10.3. The highest BCUT2D eigenvalue weighted by Crippen LogP contribution is 2.21. The highest BCUT2D eigenvalue weighted by molar-refractivity contribution is 5.81. The molecule has 0 spiro atoms. The van der Waals surface area contributed by atoms with E-state index in [1.54, 1.807) is 24.3 Å². The molecule has 1 aromatic heterocycles. The minimum atomic E-state index is -0.485. The van der Waals surface area contributed by atoms with Crippen molar-refractivity contribution in [2.45, 2.75) is 0 Å². The molecular weight excluding hydrogens is 446 g/mol. The van der Waals surface area contributed by atoms with Crippen LogP contribution >= 0.6 is 0 Å². The summed E-state index contributed by atoms with van der Waals surface area (Å²) in [6.07, 6.45) is 1.41. The smallest absolute Gasteiger partial charge is 0.270 e. The van der Waals surface area contributed by atoms with Gasteiger partial charge in [-0.05, 0) is 12.1 Å². The van der Waals surface area contributed by atoms with Crippen LogP contribution in [0.4, 0.5) is 34.9 Å². The second-order valence-electron chi connectivity index (χ2n) is 7.03. The van der Waals surface area contributed by atoms with Crippen molar-refractivity contribution in [3.63, 3.8) is 0 Å². The molecule has 14 nitrogen and oxygen atoms in total. The zero-order chi connectivity index (χ0) is 23.9. The second-order valence-corrected chi connectivity index (χ2v) is 7.03. The van der Waals surface area contributed by atoms with Gasteiger partial charge in [0.05, 0.1) is 29.3 Å². The Morgan fingerprint density at radius 2 is 1.65 bits per heavy atom. The molecule has 3 aromatic rings. The lowest BCUT2D eigenvalue weighted by atomic mass is 10.2. The fraction of sp³-hybridized carbons (Fsp3) is 0.200. The molecule has 0 amide bonds. The number of hydrogen-bond donors (Lipinski definition) is 2. The van der Waals surface area contributed by atoms with E-state index in [-0.39, 0.29) is 23.3 Å². The molecule has 0 saturated carbocycles. The lowest BCUT2D eigenvalue weighted by Crippen LogP contribution is -2.37. The summed E-state index contributed by atoms with van der Waals surface area (Å²) in [5.74, 6) is 0.747. The van der Waals surface area contributed by atoms with Crippen molar-refractivity contribution >= 4 is 41.1 Å². The topological polar surface area (TPSA) is 174 Å². The number of nitrogens with one attached hydrogen (secondary N) is 2. The molecule has 0 aliphatic carbocycles. The van der Waals surface area contributed by atoms with Gasteiger partial charge in [0, 0.05) is 48.6 Å². The summed E-state index contributed by atoms with van der Waals surface area (Å²) in [5.41, 5.74) is 3.71. The van der Waals surface area contributed by atoms with Gasteiger partial charge in [-0.15, -0.1) is 0 Å². The van der Waals surface area contributed by atoms with Crippen molar-refractivity contribution < 1.29 is 14.6 Å². The van der Waals surface area contributed by atoms with Gasteiger partial charge in [0.2, 0.25) is 17.8 Å². The minimum absolute atomic E-state index is 0.0342. The first kappa shape index (κ1) is 22.5. The van der Waals surface area contributed by atoms with E-state index >= 15 is 0 Å². The number of nitrogens with zero attached hydrogens (tertiary/aromatic N) is 7. The van der Waals surface area contributed by atoms with Gasteiger partial charge in [-0.2, -0.15) is 20.1 Å². The third-order valence-electron chi connectivity index (χ3n) is 4.71. The number of ether oxygens (including phenoxy) is 1. The van der Waals surface area contributed by atoms with Crippen molar-refractivity contribution in [1.82, 2.24) is 15.0 Å². The zero-order valence-electron chi connectivity index (χ0n) is 17.7. The molecule has 34 heavy (non-hydrogen) atoms. The summed E-state index contributed by atoms with van der Waals surface area (Å²) in [7, 11) is 0. The highest BCUT2D eigenvalue weighted by atomic mass is 16.6. The summed E-state index contributed by atoms with van der Waals surface area (Å²) in [6, 6.07) is 11.8. The number of benzene rings is 2. The third-order valence-corrected chi connectivity index (χ3v) is 4.71. The lowest BCUT2D eigenvalue weighted by Gasteiger charge is -2.27. The van der Waals surface area contributed by atoms with Crippen LogP contribution in [0, 0.1) is 20.2 Å². The highest BCUT2D eigenvalue weighted by Gasteiger charge is 2.17. The number of rotatable bonds is 8. The van der Waals surface area contributed by atoms with Crippen LogP contribution in [0.2, 0.25) is 0 Å². The largest absolute Gasteiger partial charge is 0.378 e. The predicted molar refractivity (Wildman–Crippen MR) is 124 cm³/mol. The third kappa shape index (κ3) is 5.74.